The van der Waals surface area contributed by atoms with E-state index in [1.54, 1.807) is 11.3 Å². The summed E-state index contributed by atoms with van der Waals surface area (Å²) in [6, 6.07) is 12.2. The van der Waals surface area contributed by atoms with Gasteiger partial charge in [0.2, 0.25) is 5.95 Å². The van der Waals surface area contributed by atoms with Gasteiger partial charge < -0.3 is 9.64 Å². The third kappa shape index (κ3) is 3.30. The molecule has 0 spiro atoms. The van der Waals surface area contributed by atoms with Crippen LogP contribution in [0.4, 0.5) is 5.95 Å². The van der Waals surface area contributed by atoms with Crippen molar-refractivity contribution in [1.29, 1.82) is 0 Å². The zero-order valence-corrected chi connectivity index (χ0v) is 16.0. The van der Waals surface area contributed by atoms with Gasteiger partial charge in [0.15, 0.2) is 4.96 Å². The molecule has 3 aromatic heterocycles. The summed E-state index contributed by atoms with van der Waals surface area (Å²) in [5.41, 5.74) is 4.01. The van der Waals surface area contributed by atoms with Crippen LogP contribution in [0.1, 0.15) is 11.4 Å². The molecular weight excluding hydrogens is 370 g/mol. The van der Waals surface area contributed by atoms with Gasteiger partial charge in [0.25, 0.3) is 0 Å². The van der Waals surface area contributed by atoms with E-state index >= 15 is 0 Å². The minimum atomic E-state index is 0.718. The third-order valence-electron chi connectivity index (χ3n) is 4.72. The van der Waals surface area contributed by atoms with Gasteiger partial charge in [-0.05, 0) is 18.2 Å². The molecule has 5 rings (SSSR count). The topological polar surface area (TPSA) is 55.5 Å². The number of nitrogens with zero attached hydrogens (tertiary/aromatic N) is 5. The highest BCUT2D eigenvalue weighted by Crippen LogP contribution is 2.28. The molecule has 4 heterocycles. The van der Waals surface area contributed by atoms with E-state index in [1.807, 2.05) is 36.5 Å². The zero-order valence-electron chi connectivity index (χ0n) is 15.2. The van der Waals surface area contributed by atoms with E-state index in [0.717, 1.165) is 59.9 Å². The number of morpholine rings is 1. The molecular formula is C21H19N5OS. The van der Waals surface area contributed by atoms with Crippen LogP contribution in [-0.2, 0) is 4.74 Å². The van der Waals surface area contributed by atoms with Crippen LogP contribution >= 0.6 is 11.3 Å². The Morgan fingerprint density at radius 3 is 2.71 bits per heavy atom. The van der Waals surface area contributed by atoms with Gasteiger partial charge in [-0.15, -0.1) is 11.3 Å². The monoisotopic (exact) mass is 389 g/mol. The molecule has 0 radical (unpaired) electrons. The summed E-state index contributed by atoms with van der Waals surface area (Å²) in [5, 5.41) is 2.05. The summed E-state index contributed by atoms with van der Waals surface area (Å²) in [4.78, 5) is 17.1. The van der Waals surface area contributed by atoms with E-state index in [9.17, 15) is 0 Å². The fourth-order valence-corrected chi connectivity index (χ4v) is 4.03. The summed E-state index contributed by atoms with van der Waals surface area (Å²) in [7, 11) is 0. The molecule has 140 valence electrons. The second-order valence-corrected chi connectivity index (χ2v) is 7.35. The number of rotatable bonds is 4. The molecule has 4 aromatic rings. The smallest absolute Gasteiger partial charge is 0.225 e. The number of aromatic nitrogens is 4. The minimum Gasteiger partial charge on any atom is -0.378 e. The van der Waals surface area contributed by atoms with E-state index in [2.05, 4.69) is 44.1 Å². The number of hydrogen-bond donors (Lipinski definition) is 0. The summed E-state index contributed by atoms with van der Waals surface area (Å²) in [6.45, 7) is 3.08. The second kappa shape index (κ2) is 7.53. The normalized spacial score (nSPS) is 14.9. The Balaban J connectivity index is 1.50. The average Bonchev–Trinajstić information content (AvgIpc) is 3.35. The predicted octanol–water partition coefficient (Wildman–Crippen LogP) is 3.86. The first kappa shape index (κ1) is 17.1. The molecule has 6 nitrogen and oxygen atoms in total. The Morgan fingerprint density at radius 1 is 1.00 bits per heavy atom. The number of imidazole rings is 1. The molecule has 0 bridgehead atoms. The van der Waals surface area contributed by atoms with Crippen LogP contribution in [0.3, 0.4) is 0 Å². The van der Waals surface area contributed by atoms with Gasteiger partial charge in [-0.1, -0.05) is 30.3 Å². The van der Waals surface area contributed by atoms with Crippen LogP contribution in [0, 0.1) is 0 Å². The van der Waals surface area contributed by atoms with Crippen LogP contribution in [-0.4, -0.2) is 45.7 Å². The maximum absolute atomic E-state index is 5.42. The van der Waals surface area contributed by atoms with Crippen LogP contribution in [0.25, 0.3) is 28.4 Å². The lowest BCUT2D eigenvalue weighted by molar-refractivity contribution is 0.122. The van der Waals surface area contributed by atoms with Crippen LogP contribution in [0.5, 0.6) is 0 Å². The van der Waals surface area contributed by atoms with Crippen molar-refractivity contribution in [2.75, 3.05) is 31.2 Å². The maximum Gasteiger partial charge on any atom is 0.225 e. The van der Waals surface area contributed by atoms with Crippen LogP contribution in [0.15, 0.2) is 54.2 Å². The van der Waals surface area contributed by atoms with Crippen molar-refractivity contribution in [3.63, 3.8) is 0 Å². The standard InChI is InChI=1S/C21H19N5OS/c1-2-4-16(5-3-1)19-18(26-12-15-28-21(26)24-19)7-6-17-8-9-22-20(23-17)25-10-13-27-14-11-25/h1-9,12,15H,10-11,13-14H2/b7-6+. The number of fused-ring (bicyclic) bond motifs is 1. The van der Waals surface area contributed by atoms with Crippen molar-refractivity contribution in [1.82, 2.24) is 19.4 Å². The molecule has 7 heteroatoms. The van der Waals surface area contributed by atoms with Crippen molar-refractivity contribution >= 4 is 34.4 Å². The van der Waals surface area contributed by atoms with E-state index in [-0.39, 0.29) is 0 Å². The Kier molecular flexibility index (Phi) is 4.60. The fraction of sp³-hybridized carbons (Fsp3) is 0.190. The van der Waals surface area contributed by atoms with E-state index in [4.69, 9.17) is 14.7 Å². The molecule has 1 aliphatic heterocycles. The van der Waals surface area contributed by atoms with Gasteiger partial charge in [-0.3, -0.25) is 4.40 Å². The zero-order chi connectivity index (χ0) is 18.8. The number of hydrogen-bond acceptors (Lipinski definition) is 6. The molecule has 0 unspecified atom stereocenters. The molecule has 0 amide bonds. The lowest BCUT2D eigenvalue weighted by Gasteiger charge is -2.26. The lowest BCUT2D eigenvalue weighted by Crippen LogP contribution is -2.37. The largest absolute Gasteiger partial charge is 0.378 e. The van der Waals surface area contributed by atoms with Crippen molar-refractivity contribution in [2.45, 2.75) is 0 Å². The van der Waals surface area contributed by atoms with Gasteiger partial charge >= 0.3 is 0 Å². The van der Waals surface area contributed by atoms with Crippen molar-refractivity contribution in [2.24, 2.45) is 0 Å². The molecule has 1 saturated heterocycles. The predicted molar refractivity (Wildman–Crippen MR) is 112 cm³/mol. The molecule has 0 atom stereocenters. The van der Waals surface area contributed by atoms with E-state index in [1.165, 1.54) is 0 Å². The Bertz CT molecular complexity index is 1110. The highest BCUT2D eigenvalue weighted by molar-refractivity contribution is 7.15. The first-order valence-electron chi connectivity index (χ1n) is 9.23. The Hall–Kier alpha value is -3.03. The van der Waals surface area contributed by atoms with E-state index < -0.39 is 0 Å². The average molecular weight is 389 g/mol. The summed E-state index contributed by atoms with van der Waals surface area (Å²) in [5.74, 6) is 0.752. The Morgan fingerprint density at radius 2 is 1.86 bits per heavy atom. The van der Waals surface area contributed by atoms with Gasteiger partial charge in [-0.25, -0.2) is 15.0 Å². The second-order valence-electron chi connectivity index (χ2n) is 6.48. The maximum atomic E-state index is 5.42. The van der Waals surface area contributed by atoms with Crippen LogP contribution in [0.2, 0.25) is 0 Å². The number of thiazole rings is 1. The van der Waals surface area contributed by atoms with Gasteiger partial charge in [-0.2, -0.15) is 0 Å². The first-order chi connectivity index (χ1) is 13.9. The van der Waals surface area contributed by atoms with Crippen molar-refractivity contribution in [3.8, 4) is 11.3 Å². The third-order valence-corrected chi connectivity index (χ3v) is 5.47. The highest BCUT2D eigenvalue weighted by Gasteiger charge is 2.14. The van der Waals surface area contributed by atoms with Gasteiger partial charge in [0, 0.05) is 36.4 Å². The molecule has 0 N–H and O–H groups in total. The molecule has 1 aliphatic rings. The molecule has 1 fully saturated rings. The summed E-state index contributed by atoms with van der Waals surface area (Å²) >= 11 is 1.63. The molecule has 28 heavy (non-hydrogen) atoms. The van der Waals surface area contributed by atoms with Crippen molar-refractivity contribution in [3.05, 3.63) is 65.6 Å². The summed E-state index contributed by atoms with van der Waals surface area (Å²) in [6.07, 6.45) is 7.98. The number of benzene rings is 1. The molecule has 1 aromatic carbocycles. The number of ether oxygens (including phenoxy) is 1. The van der Waals surface area contributed by atoms with Crippen molar-refractivity contribution < 1.29 is 4.74 Å². The van der Waals surface area contributed by atoms with E-state index in [0.29, 0.717) is 0 Å². The molecule has 0 aliphatic carbocycles. The summed E-state index contributed by atoms with van der Waals surface area (Å²) < 4.78 is 7.54. The van der Waals surface area contributed by atoms with Gasteiger partial charge in [0.05, 0.1) is 30.3 Å². The number of anilines is 1. The lowest BCUT2D eigenvalue weighted by atomic mass is 10.1. The minimum absolute atomic E-state index is 0.718. The molecule has 0 saturated carbocycles. The Labute approximate surface area is 166 Å². The SMILES string of the molecule is C(=C\c1c(-c2ccccc2)nc2sccn12)/c1ccnc(N2CCOCC2)n1. The quantitative estimate of drug-likeness (QED) is 0.530. The fourth-order valence-electron chi connectivity index (χ4n) is 3.31. The van der Waals surface area contributed by atoms with Crippen LogP contribution < -0.4 is 4.90 Å². The first-order valence-corrected chi connectivity index (χ1v) is 10.1. The highest BCUT2D eigenvalue weighted by atomic mass is 32.1. The van der Waals surface area contributed by atoms with Gasteiger partial charge in [0.1, 0.15) is 0 Å².